The second kappa shape index (κ2) is 3.34. The molecule has 0 radical (unpaired) electrons. The molecule has 0 amide bonds. The predicted molar refractivity (Wildman–Crippen MR) is 51.4 cm³/mol. The first-order valence-electron chi connectivity index (χ1n) is 3.87. The molecular formula is C9H13N3. The molecule has 0 atom stereocenters. The fourth-order valence-corrected chi connectivity index (χ4v) is 1.06. The third-order valence-corrected chi connectivity index (χ3v) is 1.71. The minimum absolute atomic E-state index is 0.400. The van der Waals surface area contributed by atoms with Crippen molar-refractivity contribution >= 4 is 12.8 Å². The van der Waals surface area contributed by atoms with Crippen molar-refractivity contribution < 1.29 is 0 Å². The average molecular weight is 163 g/mol. The summed E-state index contributed by atoms with van der Waals surface area (Å²) in [5.74, 6) is 1.14. The molecule has 3 heteroatoms. The molecule has 1 rings (SSSR count). The lowest BCUT2D eigenvalue weighted by Gasteiger charge is -2.05. The fraction of sp³-hybridized carbons (Fsp3) is 0.333. The van der Waals surface area contributed by atoms with Gasteiger partial charge in [-0.1, -0.05) is 20.4 Å². The van der Waals surface area contributed by atoms with Crippen molar-refractivity contribution in [3.63, 3.8) is 0 Å². The normalized spacial score (nSPS) is 10.2. The zero-order valence-corrected chi connectivity index (χ0v) is 7.49. The molecule has 1 aromatic rings. The second-order valence-corrected chi connectivity index (χ2v) is 2.85. The Morgan fingerprint density at radius 3 is 2.75 bits per heavy atom. The van der Waals surface area contributed by atoms with Crippen molar-refractivity contribution in [2.24, 2.45) is 5.10 Å². The minimum Gasteiger partial charge on any atom is -0.235 e. The summed E-state index contributed by atoms with van der Waals surface area (Å²) in [4.78, 5) is 4.14. The van der Waals surface area contributed by atoms with Gasteiger partial charge in [0.05, 0.1) is 11.9 Å². The highest BCUT2D eigenvalue weighted by Gasteiger charge is 2.08. The van der Waals surface area contributed by atoms with Crippen LogP contribution in [-0.4, -0.2) is 16.4 Å². The zero-order valence-electron chi connectivity index (χ0n) is 7.49. The molecule has 0 spiro atoms. The van der Waals surface area contributed by atoms with Crippen molar-refractivity contribution in [1.82, 2.24) is 9.66 Å². The lowest BCUT2D eigenvalue weighted by atomic mass is 10.1. The van der Waals surface area contributed by atoms with Gasteiger partial charge in [-0.25, -0.2) is 9.66 Å². The van der Waals surface area contributed by atoms with E-state index in [4.69, 9.17) is 0 Å². The summed E-state index contributed by atoms with van der Waals surface area (Å²) in [7, 11) is 0. The van der Waals surface area contributed by atoms with Gasteiger partial charge in [0.15, 0.2) is 5.82 Å². The third-order valence-electron chi connectivity index (χ3n) is 1.71. The Kier molecular flexibility index (Phi) is 2.43. The molecule has 0 saturated carbocycles. The number of aromatic nitrogens is 2. The van der Waals surface area contributed by atoms with Gasteiger partial charge in [-0.2, -0.15) is 5.10 Å². The van der Waals surface area contributed by atoms with Gasteiger partial charge in [-0.05, 0) is 12.0 Å². The quantitative estimate of drug-likeness (QED) is 0.628. The van der Waals surface area contributed by atoms with Crippen LogP contribution in [0, 0.1) is 0 Å². The first-order chi connectivity index (χ1) is 5.70. The van der Waals surface area contributed by atoms with Gasteiger partial charge in [-0.15, -0.1) is 0 Å². The summed E-state index contributed by atoms with van der Waals surface area (Å²) in [6.07, 6.45) is 3.47. The Morgan fingerprint density at radius 1 is 1.67 bits per heavy atom. The van der Waals surface area contributed by atoms with Crippen LogP contribution in [0.25, 0.3) is 6.08 Å². The maximum Gasteiger partial charge on any atom is 0.153 e. The fourth-order valence-electron chi connectivity index (χ4n) is 1.06. The second-order valence-electron chi connectivity index (χ2n) is 2.85. The maximum atomic E-state index is 4.14. The molecular weight excluding hydrogens is 150 g/mol. The number of imidazole rings is 1. The lowest BCUT2D eigenvalue weighted by Crippen LogP contribution is -1.99. The van der Waals surface area contributed by atoms with Gasteiger partial charge in [0.25, 0.3) is 0 Å². The summed E-state index contributed by atoms with van der Waals surface area (Å²) >= 11 is 0. The van der Waals surface area contributed by atoms with Crippen LogP contribution in [0.15, 0.2) is 17.9 Å². The smallest absolute Gasteiger partial charge is 0.153 e. The van der Waals surface area contributed by atoms with E-state index in [1.807, 2.05) is 0 Å². The van der Waals surface area contributed by atoms with Crippen LogP contribution in [0.3, 0.4) is 0 Å². The van der Waals surface area contributed by atoms with Crippen molar-refractivity contribution in [2.45, 2.75) is 19.8 Å². The van der Waals surface area contributed by atoms with Gasteiger partial charge in [0, 0.05) is 6.72 Å². The van der Waals surface area contributed by atoms with E-state index in [1.165, 1.54) is 0 Å². The van der Waals surface area contributed by atoms with Gasteiger partial charge >= 0.3 is 0 Å². The topological polar surface area (TPSA) is 30.2 Å². The summed E-state index contributed by atoms with van der Waals surface area (Å²) < 4.78 is 1.71. The summed E-state index contributed by atoms with van der Waals surface area (Å²) in [5, 5.41) is 3.86. The van der Waals surface area contributed by atoms with Crippen LogP contribution in [0.1, 0.15) is 31.3 Å². The molecule has 3 nitrogen and oxygen atoms in total. The van der Waals surface area contributed by atoms with E-state index in [-0.39, 0.29) is 0 Å². The molecule has 0 N–H and O–H groups in total. The highest BCUT2D eigenvalue weighted by molar-refractivity contribution is 5.39. The van der Waals surface area contributed by atoms with E-state index in [1.54, 1.807) is 16.9 Å². The molecule has 0 bridgehead atoms. The standard InChI is InChI=1S/C9H13N3/c1-5-9-11-6-8(7(2)3)12(9)10-4/h5-7H,1,4H2,2-3H3. The number of hydrogen-bond acceptors (Lipinski definition) is 2. The largest absolute Gasteiger partial charge is 0.235 e. The molecule has 0 aliphatic rings. The number of hydrogen-bond donors (Lipinski definition) is 0. The highest BCUT2D eigenvalue weighted by Crippen LogP contribution is 2.16. The van der Waals surface area contributed by atoms with Gasteiger partial charge in [-0.3, -0.25) is 0 Å². The molecule has 0 aliphatic heterocycles. The Labute approximate surface area is 72.4 Å². The van der Waals surface area contributed by atoms with E-state index < -0.39 is 0 Å². The molecule has 0 unspecified atom stereocenters. The summed E-state index contributed by atoms with van der Waals surface area (Å²) in [6.45, 7) is 11.3. The monoisotopic (exact) mass is 163 g/mol. The molecule has 1 aromatic heterocycles. The van der Waals surface area contributed by atoms with Crippen LogP contribution in [0.2, 0.25) is 0 Å². The van der Waals surface area contributed by atoms with E-state index >= 15 is 0 Å². The zero-order chi connectivity index (χ0) is 9.14. The molecule has 0 aliphatic carbocycles. The van der Waals surface area contributed by atoms with Crippen LogP contribution >= 0.6 is 0 Å². The van der Waals surface area contributed by atoms with Gasteiger partial charge < -0.3 is 0 Å². The first-order valence-corrected chi connectivity index (χ1v) is 3.87. The lowest BCUT2D eigenvalue weighted by molar-refractivity contribution is 0.725. The molecule has 0 saturated heterocycles. The highest BCUT2D eigenvalue weighted by atomic mass is 15.4. The van der Waals surface area contributed by atoms with E-state index in [9.17, 15) is 0 Å². The van der Waals surface area contributed by atoms with Crippen molar-refractivity contribution in [3.8, 4) is 0 Å². The molecule has 12 heavy (non-hydrogen) atoms. The SMILES string of the molecule is C=Cc1ncc(C(C)C)n1N=C. The van der Waals surface area contributed by atoms with Crippen LogP contribution in [0.4, 0.5) is 0 Å². The van der Waals surface area contributed by atoms with E-state index in [2.05, 4.69) is 37.2 Å². The molecule has 64 valence electrons. The Morgan fingerprint density at radius 2 is 2.33 bits per heavy atom. The third kappa shape index (κ3) is 1.30. The Balaban J connectivity index is 3.22. The van der Waals surface area contributed by atoms with Crippen LogP contribution in [-0.2, 0) is 0 Å². The summed E-state index contributed by atoms with van der Waals surface area (Å²) in [5.41, 5.74) is 1.06. The maximum absolute atomic E-state index is 4.14. The Hall–Kier alpha value is -1.38. The van der Waals surface area contributed by atoms with E-state index in [0.717, 1.165) is 11.5 Å². The average Bonchev–Trinajstić information content (AvgIpc) is 2.46. The van der Waals surface area contributed by atoms with Crippen molar-refractivity contribution in [2.75, 3.05) is 0 Å². The van der Waals surface area contributed by atoms with Crippen LogP contribution < -0.4 is 0 Å². The minimum atomic E-state index is 0.400. The molecule has 1 heterocycles. The number of nitrogens with zero attached hydrogens (tertiary/aromatic N) is 3. The van der Waals surface area contributed by atoms with Crippen LogP contribution in [0.5, 0.6) is 0 Å². The van der Waals surface area contributed by atoms with Crippen molar-refractivity contribution in [3.05, 3.63) is 24.3 Å². The first kappa shape index (κ1) is 8.71. The van der Waals surface area contributed by atoms with Crippen molar-refractivity contribution in [1.29, 1.82) is 0 Å². The summed E-state index contributed by atoms with van der Waals surface area (Å²) in [6, 6.07) is 0. The van der Waals surface area contributed by atoms with Gasteiger partial charge in [0.1, 0.15) is 0 Å². The van der Waals surface area contributed by atoms with Gasteiger partial charge in [0.2, 0.25) is 0 Å². The predicted octanol–water partition coefficient (Wildman–Crippen LogP) is 2.11. The van der Waals surface area contributed by atoms with E-state index in [0.29, 0.717) is 5.92 Å². The Bertz CT molecular complexity index is 297. The molecule has 0 fully saturated rings. The number of rotatable bonds is 3. The molecule has 0 aromatic carbocycles.